The summed E-state index contributed by atoms with van der Waals surface area (Å²) in [6.07, 6.45) is 2.38. The van der Waals surface area contributed by atoms with Crippen LogP contribution in [0.5, 0.6) is 0 Å². The quantitative estimate of drug-likeness (QED) is 0.899. The fourth-order valence-electron chi connectivity index (χ4n) is 2.87. The predicted molar refractivity (Wildman–Crippen MR) is 84.3 cm³/mol. The molecule has 0 aromatic heterocycles. The van der Waals surface area contributed by atoms with Crippen LogP contribution in [-0.2, 0) is 0 Å². The van der Waals surface area contributed by atoms with E-state index in [1.807, 2.05) is 0 Å². The van der Waals surface area contributed by atoms with E-state index >= 15 is 0 Å². The molecule has 1 aliphatic rings. The zero-order valence-electron chi connectivity index (χ0n) is 12.7. The highest BCUT2D eigenvalue weighted by molar-refractivity contribution is 5.59. The fraction of sp³-hybridized carbons (Fsp3) is 0.625. The molecular weight excluding hydrogens is 234 g/mol. The Morgan fingerprint density at radius 3 is 2.63 bits per heavy atom. The molecule has 3 heteroatoms. The van der Waals surface area contributed by atoms with Crippen molar-refractivity contribution in [1.82, 2.24) is 5.32 Å². The van der Waals surface area contributed by atoms with Crippen molar-refractivity contribution >= 4 is 11.4 Å². The number of rotatable bonds is 4. The molecule has 2 rings (SSSR count). The van der Waals surface area contributed by atoms with E-state index in [1.54, 1.807) is 0 Å². The second-order valence-electron chi connectivity index (χ2n) is 5.75. The van der Waals surface area contributed by atoms with Gasteiger partial charge in [0.15, 0.2) is 0 Å². The van der Waals surface area contributed by atoms with E-state index in [4.69, 9.17) is 0 Å². The lowest BCUT2D eigenvalue weighted by atomic mass is 9.90. The molecule has 1 aromatic carbocycles. The van der Waals surface area contributed by atoms with Crippen molar-refractivity contribution < 1.29 is 0 Å². The highest BCUT2D eigenvalue weighted by atomic mass is 15.2. The second-order valence-corrected chi connectivity index (χ2v) is 5.75. The van der Waals surface area contributed by atoms with E-state index in [-0.39, 0.29) is 5.54 Å². The Labute approximate surface area is 117 Å². The zero-order valence-corrected chi connectivity index (χ0v) is 12.7. The van der Waals surface area contributed by atoms with Crippen molar-refractivity contribution in [1.29, 1.82) is 0 Å². The van der Waals surface area contributed by atoms with Crippen LogP contribution >= 0.6 is 0 Å². The Morgan fingerprint density at radius 1 is 1.26 bits per heavy atom. The molecular formula is C16H27N3. The Bertz CT molecular complexity index is 410. The van der Waals surface area contributed by atoms with E-state index in [1.165, 1.54) is 24.2 Å². The summed E-state index contributed by atoms with van der Waals surface area (Å²) in [6.45, 7) is 7.86. The molecule has 0 radical (unpaired) electrons. The van der Waals surface area contributed by atoms with Crippen LogP contribution < -0.4 is 15.1 Å². The molecule has 0 atom stereocenters. The van der Waals surface area contributed by atoms with Gasteiger partial charge in [0.2, 0.25) is 0 Å². The zero-order chi connectivity index (χ0) is 13.9. The summed E-state index contributed by atoms with van der Waals surface area (Å²) in [5.74, 6) is 0. The Kier molecular flexibility index (Phi) is 4.35. The molecule has 0 aliphatic carbocycles. The summed E-state index contributed by atoms with van der Waals surface area (Å²) < 4.78 is 0. The first kappa shape index (κ1) is 14.2. The molecule has 0 bridgehead atoms. The summed E-state index contributed by atoms with van der Waals surface area (Å²) in [4.78, 5) is 4.69. The van der Waals surface area contributed by atoms with E-state index in [0.717, 1.165) is 19.6 Å². The van der Waals surface area contributed by atoms with Crippen LogP contribution in [0.3, 0.4) is 0 Å². The van der Waals surface area contributed by atoms with E-state index in [2.05, 4.69) is 67.3 Å². The summed E-state index contributed by atoms with van der Waals surface area (Å²) in [6, 6.07) is 8.85. The maximum atomic E-state index is 3.72. The first-order chi connectivity index (χ1) is 9.10. The topological polar surface area (TPSA) is 18.5 Å². The third-order valence-corrected chi connectivity index (χ3v) is 4.44. The molecule has 19 heavy (non-hydrogen) atoms. The van der Waals surface area contributed by atoms with Crippen molar-refractivity contribution in [3.05, 3.63) is 24.3 Å². The average Bonchev–Trinajstić information content (AvgIpc) is 2.47. The molecule has 1 aromatic rings. The summed E-state index contributed by atoms with van der Waals surface area (Å²) in [5, 5.41) is 3.72. The van der Waals surface area contributed by atoms with Gasteiger partial charge in [-0.15, -0.1) is 0 Å². The number of nitrogens with one attached hydrogen (secondary N) is 1. The first-order valence-electron chi connectivity index (χ1n) is 7.37. The van der Waals surface area contributed by atoms with Crippen molar-refractivity contribution in [2.45, 2.75) is 32.2 Å². The largest absolute Gasteiger partial charge is 0.378 e. The van der Waals surface area contributed by atoms with Crippen LogP contribution in [0.2, 0.25) is 0 Å². The highest BCUT2D eigenvalue weighted by Crippen LogP contribution is 2.27. The Balaban J connectivity index is 2.19. The highest BCUT2D eigenvalue weighted by Gasteiger charge is 2.31. The van der Waals surface area contributed by atoms with Crippen LogP contribution in [0.4, 0.5) is 11.4 Å². The molecule has 0 amide bonds. The van der Waals surface area contributed by atoms with Gasteiger partial charge in [-0.1, -0.05) is 19.9 Å². The number of hydrogen-bond acceptors (Lipinski definition) is 3. The number of benzene rings is 1. The van der Waals surface area contributed by atoms with Crippen LogP contribution in [0.15, 0.2) is 24.3 Å². The van der Waals surface area contributed by atoms with Gasteiger partial charge in [-0.3, -0.25) is 0 Å². The molecule has 1 N–H and O–H groups in total. The molecule has 106 valence electrons. The minimum atomic E-state index is 0.284. The lowest BCUT2D eigenvalue weighted by molar-refractivity contribution is 0.277. The lowest BCUT2D eigenvalue weighted by Gasteiger charge is -2.44. The smallest absolute Gasteiger partial charge is 0.0388 e. The van der Waals surface area contributed by atoms with Gasteiger partial charge in [-0.25, -0.2) is 0 Å². The maximum Gasteiger partial charge on any atom is 0.0388 e. The first-order valence-corrected chi connectivity index (χ1v) is 7.37. The lowest BCUT2D eigenvalue weighted by Crippen LogP contribution is -2.60. The SMILES string of the molecule is CCC1(CC)CN(c2cccc(N(C)C)c2)CCN1. The second kappa shape index (κ2) is 5.83. The normalized spacial score (nSPS) is 18.4. The third kappa shape index (κ3) is 3.03. The molecule has 0 saturated carbocycles. The van der Waals surface area contributed by atoms with Gasteiger partial charge >= 0.3 is 0 Å². The molecule has 1 heterocycles. The minimum Gasteiger partial charge on any atom is -0.378 e. The molecule has 1 aliphatic heterocycles. The van der Waals surface area contributed by atoms with Crippen LogP contribution in [0.25, 0.3) is 0 Å². The maximum absolute atomic E-state index is 3.72. The number of nitrogens with zero attached hydrogens (tertiary/aromatic N) is 2. The third-order valence-electron chi connectivity index (χ3n) is 4.44. The van der Waals surface area contributed by atoms with Gasteiger partial charge in [-0.2, -0.15) is 0 Å². The van der Waals surface area contributed by atoms with Crippen LogP contribution in [0, 0.1) is 0 Å². The van der Waals surface area contributed by atoms with E-state index < -0.39 is 0 Å². The van der Waals surface area contributed by atoms with Crippen LogP contribution in [0.1, 0.15) is 26.7 Å². The standard InChI is InChI=1S/C16H27N3/c1-5-16(6-2)13-19(11-10-17-16)15-9-7-8-14(12-15)18(3)4/h7-9,12,17H,5-6,10-11,13H2,1-4H3. The molecule has 3 nitrogen and oxygen atoms in total. The predicted octanol–water partition coefficient (Wildman–Crippen LogP) is 2.72. The molecule has 0 unspecified atom stereocenters. The van der Waals surface area contributed by atoms with Gasteiger partial charge in [0.05, 0.1) is 0 Å². The van der Waals surface area contributed by atoms with E-state index in [9.17, 15) is 0 Å². The van der Waals surface area contributed by atoms with Crippen molar-refractivity contribution in [2.75, 3.05) is 43.5 Å². The Morgan fingerprint density at radius 2 is 2.00 bits per heavy atom. The summed E-state index contributed by atoms with van der Waals surface area (Å²) >= 11 is 0. The van der Waals surface area contributed by atoms with Gasteiger partial charge in [0.1, 0.15) is 0 Å². The summed E-state index contributed by atoms with van der Waals surface area (Å²) in [7, 11) is 4.19. The Hall–Kier alpha value is -1.22. The number of hydrogen-bond donors (Lipinski definition) is 1. The van der Waals surface area contributed by atoms with Crippen molar-refractivity contribution in [2.24, 2.45) is 0 Å². The monoisotopic (exact) mass is 261 g/mol. The van der Waals surface area contributed by atoms with Gasteiger partial charge in [0, 0.05) is 50.6 Å². The number of piperazine rings is 1. The number of anilines is 2. The fourth-order valence-corrected chi connectivity index (χ4v) is 2.87. The molecule has 1 saturated heterocycles. The van der Waals surface area contributed by atoms with Gasteiger partial charge < -0.3 is 15.1 Å². The molecule has 0 spiro atoms. The van der Waals surface area contributed by atoms with Crippen molar-refractivity contribution in [3.63, 3.8) is 0 Å². The van der Waals surface area contributed by atoms with E-state index in [0.29, 0.717) is 0 Å². The van der Waals surface area contributed by atoms with Crippen molar-refractivity contribution in [3.8, 4) is 0 Å². The average molecular weight is 261 g/mol. The minimum absolute atomic E-state index is 0.284. The summed E-state index contributed by atoms with van der Waals surface area (Å²) in [5.41, 5.74) is 2.90. The van der Waals surface area contributed by atoms with Gasteiger partial charge in [-0.05, 0) is 31.0 Å². The van der Waals surface area contributed by atoms with Gasteiger partial charge in [0.25, 0.3) is 0 Å². The van der Waals surface area contributed by atoms with Crippen LogP contribution in [-0.4, -0.2) is 39.3 Å². The molecule has 1 fully saturated rings.